The standard InChI is InChI=1S/C12H18Cl2N2O3S/c1-3-12(4-2,7-17)16-20(18,19)11-9(14)5-8(13)6-10(11)15/h5-6,16-17H,3-4,7,15H2,1-2H3. The van der Waals surface area contributed by atoms with Crippen molar-refractivity contribution in [3.63, 3.8) is 0 Å². The molecule has 0 unspecified atom stereocenters. The van der Waals surface area contributed by atoms with Crippen molar-refractivity contribution < 1.29 is 13.5 Å². The Morgan fingerprint density at radius 1 is 1.30 bits per heavy atom. The first kappa shape index (κ1) is 17.5. The smallest absolute Gasteiger partial charge is 0.244 e. The zero-order chi connectivity index (χ0) is 15.6. The molecule has 0 aliphatic heterocycles. The Bertz CT molecular complexity index is 555. The normalized spacial score (nSPS) is 12.7. The largest absolute Gasteiger partial charge is 0.398 e. The van der Waals surface area contributed by atoms with E-state index in [1.165, 1.54) is 12.1 Å². The number of sulfonamides is 1. The number of aliphatic hydroxyl groups is 1. The van der Waals surface area contributed by atoms with Crippen molar-refractivity contribution in [2.45, 2.75) is 37.1 Å². The highest BCUT2D eigenvalue weighted by atomic mass is 35.5. The van der Waals surface area contributed by atoms with Crippen LogP contribution < -0.4 is 10.5 Å². The Morgan fingerprint density at radius 3 is 2.25 bits per heavy atom. The minimum absolute atomic E-state index is 0.0333. The Labute approximate surface area is 129 Å². The number of hydrogen-bond donors (Lipinski definition) is 3. The molecule has 0 atom stereocenters. The van der Waals surface area contributed by atoms with E-state index in [4.69, 9.17) is 28.9 Å². The fourth-order valence-corrected chi connectivity index (χ4v) is 4.37. The van der Waals surface area contributed by atoms with Crippen LogP contribution >= 0.6 is 23.2 Å². The summed E-state index contributed by atoms with van der Waals surface area (Å²) in [6.45, 7) is 3.26. The van der Waals surface area contributed by atoms with Gasteiger partial charge in [0.15, 0.2) is 0 Å². The van der Waals surface area contributed by atoms with Gasteiger partial charge < -0.3 is 10.8 Å². The number of halogens is 2. The van der Waals surface area contributed by atoms with Crippen LogP contribution in [-0.2, 0) is 10.0 Å². The van der Waals surface area contributed by atoms with Gasteiger partial charge in [-0.15, -0.1) is 0 Å². The van der Waals surface area contributed by atoms with E-state index in [0.29, 0.717) is 12.8 Å². The van der Waals surface area contributed by atoms with Crippen LogP contribution in [-0.4, -0.2) is 25.7 Å². The lowest BCUT2D eigenvalue weighted by atomic mass is 9.96. The summed E-state index contributed by atoms with van der Waals surface area (Å²) in [6.07, 6.45) is 0.870. The summed E-state index contributed by atoms with van der Waals surface area (Å²) in [5.41, 5.74) is 4.73. The number of hydrogen-bond acceptors (Lipinski definition) is 4. The van der Waals surface area contributed by atoms with Crippen LogP contribution in [0.25, 0.3) is 0 Å². The van der Waals surface area contributed by atoms with Crippen molar-refractivity contribution in [1.82, 2.24) is 4.72 Å². The Hall–Kier alpha value is -0.530. The highest BCUT2D eigenvalue weighted by molar-refractivity contribution is 7.89. The summed E-state index contributed by atoms with van der Waals surface area (Å²) in [4.78, 5) is -0.219. The van der Waals surface area contributed by atoms with Gasteiger partial charge in [-0.2, -0.15) is 0 Å². The van der Waals surface area contributed by atoms with Gasteiger partial charge in [0.25, 0.3) is 0 Å². The van der Waals surface area contributed by atoms with Gasteiger partial charge in [-0.3, -0.25) is 0 Å². The molecule has 1 aromatic carbocycles. The molecule has 0 bridgehead atoms. The molecule has 0 amide bonds. The summed E-state index contributed by atoms with van der Waals surface area (Å²) in [6, 6.07) is 2.63. The van der Waals surface area contributed by atoms with Gasteiger partial charge >= 0.3 is 0 Å². The topological polar surface area (TPSA) is 92.4 Å². The number of aliphatic hydroxyl groups excluding tert-OH is 1. The summed E-state index contributed by atoms with van der Waals surface area (Å²) >= 11 is 11.7. The van der Waals surface area contributed by atoms with E-state index in [0.717, 1.165) is 0 Å². The second kappa shape index (κ2) is 6.49. The second-order valence-electron chi connectivity index (χ2n) is 4.56. The first-order valence-electron chi connectivity index (χ1n) is 6.10. The van der Waals surface area contributed by atoms with Gasteiger partial charge in [-0.25, -0.2) is 13.1 Å². The van der Waals surface area contributed by atoms with Crippen molar-refractivity contribution >= 4 is 38.9 Å². The molecule has 0 saturated heterocycles. The zero-order valence-corrected chi connectivity index (χ0v) is 13.6. The third kappa shape index (κ3) is 3.56. The molecule has 0 aromatic heterocycles. The van der Waals surface area contributed by atoms with E-state index < -0.39 is 15.6 Å². The maximum atomic E-state index is 12.4. The molecule has 20 heavy (non-hydrogen) atoms. The molecule has 0 heterocycles. The van der Waals surface area contributed by atoms with E-state index >= 15 is 0 Å². The van der Waals surface area contributed by atoms with Crippen LogP contribution in [0.1, 0.15) is 26.7 Å². The molecule has 0 fully saturated rings. The Kier molecular flexibility index (Phi) is 5.69. The van der Waals surface area contributed by atoms with Gasteiger partial charge in [-0.1, -0.05) is 37.0 Å². The van der Waals surface area contributed by atoms with Crippen LogP contribution in [0.4, 0.5) is 5.69 Å². The third-order valence-corrected chi connectivity index (χ3v) is 5.64. The van der Waals surface area contributed by atoms with Crippen LogP contribution in [0.2, 0.25) is 10.0 Å². The van der Waals surface area contributed by atoms with Crippen molar-refractivity contribution in [2.24, 2.45) is 0 Å². The van der Waals surface area contributed by atoms with Crippen LogP contribution in [0, 0.1) is 0 Å². The minimum atomic E-state index is -3.96. The van der Waals surface area contributed by atoms with Crippen LogP contribution in [0.15, 0.2) is 17.0 Å². The number of nitrogens with two attached hydrogens (primary N) is 1. The quantitative estimate of drug-likeness (QED) is 0.693. The van der Waals surface area contributed by atoms with Crippen molar-refractivity contribution in [2.75, 3.05) is 12.3 Å². The van der Waals surface area contributed by atoms with E-state index in [9.17, 15) is 13.5 Å². The molecule has 5 nitrogen and oxygen atoms in total. The van der Waals surface area contributed by atoms with Crippen LogP contribution in [0.3, 0.4) is 0 Å². The first-order chi connectivity index (χ1) is 9.21. The lowest BCUT2D eigenvalue weighted by Crippen LogP contribution is -2.50. The van der Waals surface area contributed by atoms with Gasteiger partial charge in [0.2, 0.25) is 10.0 Å². The summed E-state index contributed by atoms with van der Waals surface area (Å²) in [5, 5.41) is 9.66. The SMILES string of the molecule is CCC(CC)(CO)NS(=O)(=O)c1c(N)cc(Cl)cc1Cl. The van der Waals surface area contributed by atoms with Gasteiger partial charge in [0.05, 0.1) is 22.9 Å². The molecule has 0 saturated carbocycles. The molecular weight excluding hydrogens is 323 g/mol. The summed E-state index contributed by atoms with van der Waals surface area (Å²) in [5.74, 6) is 0. The molecule has 114 valence electrons. The van der Waals surface area contributed by atoms with Crippen molar-refractivity contribution in [1.29, 1.82) is 0 Å². The molecule has 0 aliphatic rings. The summed E-state index contributed by atoms with van der Waals surface area (Å²) < 4.78 is 27.4. The number of benzene rings is 1. The van der Waals surface area contributed by atoms with Gasteiger partial charge in [0.1, 0.15) is 4.90 Å². The lowest BCUT2D eigenvalue weighted by molar-refractivity contribution is 0.172. The predicted molar refractivity (Wildman–Crippen MR) is 81.6 cm³/mol. The second-order valence-corrected chi connectivity index (χ2v) is 7.02. The highest BCUT2D eigenvalue weighted by Gasteiger charge is 2.33. The number of nitrogens with one attached hydrogen (secondary N) is 1. The molecule has 4 N–H and O–H groups in total. The lowest BCUT2D eigenvalue weighted by Gasteiger charge is -2.30. The maximum Gasteiger partial charge on any atom is 0.244 e. The first-order valence-corrected chi connectivity index (χ1v) is 8.34. The number of nitrogen functional groups attached to an aromatic ring is 1. The monoisotopic (exact) mass is 340 g/mol. The fourth-order valence-electron chi connectivity index (χ4n) is 1.85. The highest BCUT2D eigenvalue weighted by Crippen LogP contribution is 2.32. The van der Waals surface area contributed by atoms with E-state index in [1.807, 2.05) is 0 Å². The zero-order valence-electron chi connectivity index (χ0n) is 11.3. The molecule has 1 rings (SSSR count). The van der Waals surface area contributed by atoms with E-state index in [-0.39, 0.29) is 27.2 Å². The third-order valence-electron chi connectivity index (χ3n) is 3.31. The molecule has 0 aliphatic carbocycles. The number of anilines is 1. The van der Waals surface area contributed by atoms with E-state index in [2.05, 4.69) is 4.72 Å². The van der Waals surface area contributed by atoms with Crippen molar-refractivity contribution in [3.8, 4) is 0 Å². The van der Waals surface area contributed by atoms with E-state index in [1.54, 1.807) is 13.8 Å². The van der Waals surface area contributed by atoms with Crippen molar-refractivity contribution in [3.05, 3.63) is 22.2 Å². The van der Waals surface area contributed by atoms with Crippen LogP contribution in [0.5, 0.6) is 0 Å². The summed E-state index contributed by atoms with van der Waals surface area (Å²) in [7, 11) is -3.96. The predicted octanol–water partition coefficient (Wildman–Crippen LogP) is 2.41. The average Bonchev–Trinajstić information content (AvgIpc) is 2.34. The average molecular weight is 341 g/mol. The Morgan fingerprint density at radius 2 is 1.85 bits per heavy atom. The van der Waals surface area contributed by atoms with Gasteiger partial charge in [0, 0.05) is 5.02 Å². The fraction of sp³-hybridized carbons (Fsp3) is 0.500. The molecular formula is C12H18Cl2N2O3S. The molecule has 8 heteroatoms. The minimum Gasteiger partial charge on any atom is -0.398 e. The molecule has 1 aromatic rings. The molecule has 0 spiro atoms. The maximum absolute atomic E-state index is 12.4. The number of rotatable bonds is 6. The Balaban J connectivity index is 3.32. The molecule has 0 radical (unpaired) electrons. The van der Waals surface area contributed by atoms with Gasteiger partial charge in [-0.05, 0) is 25.0 Å².